The molecule has 1 aliphatic heterocycles. The van der Waals surface area contributed by atoms with E-state index in [9.17, 15) is 4.79 Å². The quantitative estimate of drug-likeness (QED) is 0.846. The van der Waals surface area contributed by atoms with Crippen LogP contribution in [0.5, 0.6) is 0 Å². The zero-order valence-electron chi connectivity index (χ0n) is 11.9. The predicted molar refractivity (Wildman–Crippen MR) is 74.3 cm³/mol. The molecule has 19 heavy (non-hydrogen) atoms. The van der Waals surface area contributed by atoms with Gasteiger partial charge in [0.2, 0.25) is 5.91 Å². The molecule has 2 fully saturated rings. The number of carbonyl (C=O) groups is 1. The lowest BCUT2D eigenvalue weighted by molar-refractivity contribution is -0.123. The van der Waals surface area contributed by atoms with Crippen LogP contribution in [0.15, 0.2) is 0 Å². The van der Waals surface area contributed by atoms with Crippen molar-refractivity contribution in [2.75, 3.05) is 20.1 Å². The lowest BCUT2D eigenvalue weighted by atomic mass is 9.86. The van der Waals surface area contributed by atoms with Crippen molar-refractivity contribution in [1.82, 2.24) is 10.2 Å². The van der Waals surface area contributed by atoms with Gasteiger partial charge in [0.05, 0.1) is 6.07 Å². The van der Waals surface area contributed by atoms with Gasteiger partial charge in [-0.1, -0.05) is 0 Å². The van der Waals surface area contributed by atoms with Gasteiger partial charge < -0.3 is 10.2 Å². The highest BCUT2D eigenvalue weighted by Gasteiger charge is 2.24. The first-order valence-electron chi connectivity index (χ1n) is 7.55. The normalized spacial score (nSPS) is 29.7. The van der Waals surface area contributed by atoms with E-state index >= 15 is 0 Å². The van der Waals surface area contributed by atoms with E-state index in [1.54, 1.807) is 0 Å². The second-order valence-electron chi connectivity index (χ2n) is 6.20. The van der Waals surface area contributed by atoms with Crippen molar-refractivity contribution in [3.63, 3.8) is 0 Å². The second-order valence-corrected chi connectivity index (χ2v) is 6.20. The third kappa shape index (κ3) is 4.50. The van der Waals surface area contributed by atoms with Gasteiger partial charge in [-0.25, -0.2) is 0 Å². The van der Waals surface area contributed by atoms with Crippen molar-refractivity contribution in [2.24, 2.45) is 11.8 Å². The third-order valence-electron chi connectivity index (χ3n) is 4.59. The van der Waals surface area contributed by atoms with Gasteiger partial charge in [0.1, 0.15) is 0 Å². The fourth-order valence-electron chi connectivity index (χ4n) is 3.18. The Balaban J connectivity index is 1.66. The summed E-state index contributed by atoms with van der Waals surface area (Å²) in [5, 5.41) is 12.0. The lowest BCUT2D eigenvalue weighted by Gasteiger charge is -2.30. The summed E-state index contributed by atoms with van der Waals surface area (Å²) in [6.07, 6.45) is 6.79. The zero-order chi connectivity index (χ0) is 13.7. The van der Waals surface area contributed by atoms with Crippen molar-refractivity contribution in [3.8, 4) is 6.07 Å². The maximum atomic E-state index is 12.0. The van der Waals surface area contributed by atoms with Crippen LogP contribution in [0.3, 0.4) is 0 Å². The van der Waals surface area contributed by atoms with Gasteiger partial charge in [0, 0.05) is 18.4 Å². The number of amides is 1. The van der Waals surface area contributed by atoms with Crippen LogP contribution in [0.25, 0.3) is 0 Å². The van der Waals surface area contributed by atoms with E-state index < -0.39 is 0 Å². The Morgan fingerprint density at radius 1 is 1.21 bits per heavy atom. The maximum Gasteiger partial charge on any atom is 0.220 e. The minimum Gasteiger partial charge on any atom is -0.353 e. The summed E-state index contributed by atoms with van der Waals surface area (Å²) in [4.78, 5) is 14.4. The smallest absolute Gasteiger partial charge is 0.220 e. The van der Waals surface area contributed by atoms with E-state index in [4.69, 9.17) is 5.26 Å². The zero-order valence-corrected chi connectivity index (χ0v) is 11.9. The fourth-order valence-corrected chi connectivity index (χ4v) is 3.18. The fraction of sp³-hybridized carbons (Fsp3) is 0.867. The second kappa shape index (κ2) is 6.91. The summed E-state index contributed by atoms with van der Waals surface area (Å²) in [5.41, 5.74) is 0. The standard InChI is InChI=1S/C15H25N3O/c1-18-8-6-12(7-9-18)10-15(19)17-14-4-2-13(11-16)3-5-14/h12-14H,2-10H2,1H3,(H,17,19). The number of rotatable bonds is 3. The van der Waals surface area contributed by atoms with Gasteiger partial charge in [-0.2, -0.15) is 5.26 Å². The summed E-state index contributed by atoms with van der Waals surface area (Å²) >= 11 is 0. The SMILES string of the molecule is CN1CCC(CC(=O)NC2CCC(C#N)CC2)CC1. The van der Waals surface area contributed by atoms with E-state index in [0.717, 1.165) is 51.6 Å². The largest absolute Gasteiger partial charge is 0.353 e. The van der Waals surface area contributed by atoms with Crippen LogP contribution in [0.4, 0.5) is 0 Å². The number of likely N-dealkylation sites (tertiary alicyclic amines) is 1. The minimum atomic E-state index is 0.210. The highest BCUT2D eigenvalue weighted by atomic mass is 16.1. The average Bonchev–Trinajstić information content (AvgIpc) is 2.42. The molecule has 0 aromatic heterocycles. The Bertz CT molecular complexity index is 334. The summed E-state index contributed by atoms with van der Waals surface area (Å²) in [5.74, 6) is 0.989. The number of nitriles is 1. The average molecular weight is 263 g/mol. The van der Waals surface area contributed by atoms with Gasteiger partial charge in [0.25, 0.3) is 0 Å². The molecule has 0 unspecified atom stereocenters. The molecule has 0 aromatic rings. The molecule has 2 rings (SSSR count). The van der Waals surface area contributed by atoms with Gasteiger partial charge in [0.15, 0.2) is 0 Å². The lowest BCUT2D eigenvalue weighted by Crippen LogP contribution is -2.39. The Morgan fingerprint density at radius 2 is 1.84 bits per heavy atom. The third-order valence-corrected chi connectivity index (χ3v) is 4.59. The molecule has 0 bridgehead atoms. The van der Waals surface area contributed by atoms with E-state index in [0.29, 0.717) is 18.4 Å². The molecule has 1 N–H and O–H groups in total. The van der Waals surface area contributed by atoms with E-state index in [1.165, 1.54) is 0 Å². The Morgan fingerprint density at radius 3 is 2.42 bits per heavy atom. The Labute approximate surface area is 116 Å². The number of hydrogen-bond acceptors (Lipinski definition) is 3. The summed E-state index contributed by atoms with van der Waals surface area (Å²) in [7, 11) is 2.14. The van der Waals surface area contributed by atoms with Crippen molar-refractivity contribution < 1.29 is 4.79 Å². The molecule has 1 amide bonds. The molecule has 1 saturated carbocycles. The van der Waals surface area contributed by atoms with Crippen molar-refractivity contribution in [3.05, 3.63) is 0 Å². The molecule has 0 aromatic carbocycles. The topological polar surface area (TPSA) is 56.1 Å². The summed E-state index contributed by atoms with van der Waals surface area (Å²) < 4.78 is 0. The number of nitrogens with one attached hydrogen (secondary N) is 1. The number of piperidine rings is 1. The summed E-state index contributed by atoms with van der Waals surface area (Å²) in [6.45, 7) is 2.23. The molecule has 4 nitrogen and oxygen atoms in total. The summed E-state index contributed by atoms with van der Waals surface area (Å²) in [6, 6.07) is 2.64. The molecule has 1 aliphatic carbocycles. The molecule has 2 aliphatic rings. The van der Waals surface area contributed by atoms with Crippen LogP contribution in [-0.2, 0) is 4.79 Å². The van der Waals surface area contributed by atoms with Crippen LogP contribution in [0, 0.1) is 23.2 Å². The van der Waals surface area contributed by atoms with Gasteiger partial charge in [-0.05, 0) is 64.6 Å². The number of carbonyl (C=O) groups excluding carboxylic acids is 1. The number of hydrogen-bond donors (Lipinski definition) is 1. The molecule has 1 saturated heterocycles. The van der Waals surface area contributed by atoms with Crippen molar-refractivity contribution >= 4 is 5.91 Å². The van der Waals surface area contributed by atoms with Crippen LogP contribution in [0.2, 0.25) is 0 Å². The Kier molecular flexibility index (Phi) is 5.21. The van der Waals surface area contributed by atoms with E-state index in [-0.39, 0.29) is 11.8 Å². The van der Waals surface area contributed by atoms with E-state index in [1.807, 2.05) is 0 Å². The number of nitrogens with zero attached hydrogens (tertiary/aromatic N) is 2. The van der Waals surface area contributed by atoms with Crippen LogP contribution >= 0.6 is 0 Å². The molecule has 0 atom stereocenters. The Hall–Kier alpha value is -1.08. The first-order valence-corrected chi connectivity index (χ1v) is 7.55. The van der Waals surface area contributed by atoms with Crippen LogP contribution in [-0.4, -0.2) is 37.0 Å². The molecule has 106 valence electrons. The minimum absolute atomic E-state index is 0.210. The highest BCUT2D eigenvalue weighted by molar-refractivity contribution is 5.76. The van der Waals surface area contributed by atoms with Crippen molar-refractivity contribution in [2.45, 2.75) is 51.0 Å². The molecular weight excluding hydrogens is 238 g/mol. The molecule has 0 radical (unpaired) electrons. The highest BCUT2D eigenvalue weighted by Crippen LogP contribution is 2.24. The van der Waals surface area contributed by atoms with Crippen molar-refractivity contribution in [1.29, 1.82) is 5.26 Å². The van der Waals surface area contributed by atoms with Gasteiger partial charge in [-0.3, -0.25) is 4.79 Å². The van der Waals surface area contributed by atoms with Gasteiger partial charge in [-0.15, -0.1) is 0 Å². The maximum absolute atomic E-state index is 12.0. The van der Waals surface area contributed by atoms with Crippen LogP contribution in [0.1, 0.15) is 44.9 Å². The predicted octanol–water partition coefficient (Wildman–Crippen LogP) is 1.92. The van der Waals surface area contributed by atoms with Crippen LogP contribution < -0.4 is 5.32 Å². The molecule has 4 heteroatoms. The monoisotopic (exact) mass is 263 g/mol. The molecule has 1 heterocycles. The molecular formula is C15H25N3O. The van der Waals surface area contributed by atoms with E-state index in [2.05, 4.69) is 23.3 Å². The van der Waals surface area contributed by atoms with Gasteiger partial charge >= 0.3 is 0 Å². The first kappa shape index (κ1) is 14.3. The first-order chi connectivity index (χ1) is 9.17. The molecule has 0 spiro atoms.